The number of aromatic nitrogens is 4. The van der Waals surface area contributed by atoms with E-state index < -0.39 is 17.7 Å². The molecule has 0 fully saturated rings. The van der Waals surface area contributed by atoms with Crippen molar-refractivity contribution in [2.45, 2.75) is 58.2 Å². The van der Waals surface area contributed by atoms with E-state index in [0.29, 0.717) is 25.2 Å². The van der Waals surface area contributed by atoms with Gasteiger partial charge in [0.2, 0.25) is 0 Å². The fourth-order valence-electron chi connectivity index (χ4n) is 4.60. The predicted octanol–water partition coefficient (Wildman–Crippen LogP) is 5.99. The van der Waals surface area contributed by atoms with Crippen molar-refractivity contribution < 1.29 is 13.9 Å². The predicted molar refractivity (Wildman–Crippen MR) is 146 cm³/mol. The Morgan fingerprint density at radius 3 is 2.58 bits per heavy atom. The van der Waals surface area contributed by atoms with Crippen LogP contribution in [0, 0.1) is 0 Å². The van der Waals surface area contributed by atoms with Crippen LogP contribution in [0.25, 0.3) is 10.9 Å². The van der Waals surface area contributed by atoms with E-state index in [9.17, 15) is 4.79 Å². The molecule has 3 heterocycles. The van der Waals surface area contributed by atoms with Crippen LogP contribution < -0.4 is 5.32 Å². The van der Waals surface area contributed by atoms with Gasteiger partial charge in [0, 0.05) is 29.9 Å². The van der Waals surface area contributed by atoms with Gasteiger partial charge < -0.3 is 24.0 Å². The van der Waals surface area contributed by atoms with E-state index in [1.165, 1.54) is 5.56 Å². The number of carbonyl (C=O) groups is 1. The van der Waals surface area contributed by atoms with Gasteiger partial charge in [-0.25, -0.2) is 4.79 Å². The summed E-state index contributed by atoms with van der Waals surface area (Å²) in [5.74, 6) is 2.27. The molecule has 0 aliphatic rings. The molecule has 0 spiro atoms. The van der Waals surface area contributed by atoms with Gasteiger partial charge >= 0.3 is 6.09 Å². The number of alkyl carbamates (subject to hydrolysis) is 1. The van der Waals surface area contributed by atoms with Crippen LogP contribution in [0.15, 0.2) is 83.6 Å². The Bertz CT molecular complexity index is 1480. The fraction of sp³-hybridized carbons (Fsp3) is 0.300. The number of para-hydroxylation sites is 1. The summed E-state index contributed by atoms with van der Waals surface area (Å²) in [6.45, 7) is 6.01. The number of nitrogens with zero attached hydrogens (tertiary/aromatic N) is 3. The standard InChI is InChI=1S/C30H33N5O3/c1-30(2,3)38-29(36)32-26(18-22-19-31-25-14-8-7-13-24(22)25)28-34-33-27(16-15-21-10-5-4-6-11-21)35(28)20-23-12-9-17-37-23/h4-14,17,19,26,31H,15-16,18,20H2,1-3H3,(H,32,36)/t26-/m1/s1. The van der Waals surface area contributed by atoms with Gasteiger partial charge in [0.25, 0.3) is 0 Å². The summed E-state index contributed by atoms with van der Waals surface area (Å²) in [5.41, 5.74) is 2.71. The van der Waals surface area contributed by atoms with Crippen molar-refractivity contribution in [1.29, 1.82) is 0 Å². The van der Waals surface area contributed by atoms with Crippen LogP contribution in [-0.4, -0.2) is 31.4 Å². The number of carbonyl (C=O) groups excluding carboxylic acids is 1. The van der Waals surface area contributed by atoms with Crippen LogP contribution in [0.3, 0.4) is 0 Å². The zero-order chi connectivity index (χ0) is 26.5. The number of H-pyrrole nitrogens is 1. The lowest BCUT2D eigenvalue weighted by atomic mass is 10.0. The van der Waals surface area contributed by atoms with E-state index in [1.807, 2.05) is 75.5 Å². The monoisotopic (exact) mass is 511 g/mol. The number of aryl methyl sites for hydroxylation is 2. The molecule has 8 nitrogen and oxygen atoms in total. The smallest absolute Gasteiger partial charge is 0.408 e. The maximum absolute atomic E-state index is 13.0. The second-order valence-corrected chi connectivity index (χ2v) is 10.4. The number of amides is 1. The molecule has 2 N–H and O–H groups in total. The molecular weight excluding hydrogens is 478 g/mol. The summed E-state index contributed by atoms with van der Waals surface area (Å²) in [6.07, 6.45) is 5.18. The maximum atomic E-state index is 13.0. The Balaban J connectivity index is 1.50. The third-order valence-corrected chi connectivity index (χ3v) is 6.33. The number of aromatic amines is 1. The SMILES string of the molecule is CC(C)(C)OC(=O)N[C@H](Cc1c[nH]c2ccccc12)c1nnc(CCc2ccccc2)n1Cc1ccco1. The Morgan fingerprint density at radius 2 is 1.82 bits per heavy atom. The highest BCUT2D eigenvalue weighted by Crippen LogP contribution is 2.26. The average Bonchev–Trinajstić information content (AvgIpc) is 3.63. The lowest BCUT2D eigenvalue weighted by molar-refractivity contribution is 0.0500. The van der Waals surface area contributed by atoms with Crippen LogP contribution in [0.1, 0.15) is 55.3 Å². The minimum atomic E-state index is -0.627. The largest absolute Gasteiger partial charge is 0.467 e. The van der Waals surface area contributed by atoms with E-state index >= 15 is 0 Å². The van der Waals surface area contributed by atoms with Gasteiger partial charge in [-0.05, 0) is 56.5 Å². The molecule has 8 heteroatoms. The quantitative estimate of drug-likeness (QED) is 0.253. The molecule has 0 aliphatic carbocycles. The molecular formula is C30H33N5O3. The lowest BCUT2D eigenvalue weighted by Crippen LogP contribution is -2.37. The zero-order valence-corrected chi connectivity index (χ0v) is 22.0. The highest BCUT2D eigenvalue weighted by Gasteiger charge is 2.27. The lowest BCUT2D eigenvalue weighted by Gasteiger charge is -2.24. The van der Waals surface area contributed by atoms with Gasteiger partial charge in [0.05, 0.1) is 18.8 Å². The Hall–Kier alpha value is -4.33. The van der Waals surface area contributed by atoms with E-state index in [0.717, 1.165) is 34.5 Å². The van der Waals surface area contributed by atoms with Crippen molar-refractivity contribution in [3.8, 4) is 0 Å². The van der Waals surface area contributed by atoms with Crippen LogP contribution in [0.5, 0.6) is 0 Å². The molecule has 1 atom stereocenters. The van der Waals surface area contributed by atoms with E-state index in [4.69, 9.17) is 9.15 Å². The van der Waals surface area contributed by atoms with E-state index in [1.54, 1.807) is 6.26 Å². The molecule has 0 radical (unpaired) electrons. The van der Waals surface area contributed by atoms with E-state index in [-0.39, 0.29) is 0 Å². The summed E-state index contributed by atoms with van der Waals surface area (Å²) in [6, 6.07) is 21.8. The van der Waals surface area contributed by atoms with Crippen molar-refractivity contribution in [3.05, 3.63) is 108 Å². The number of hydrogen-bond acceptors (Lipinski definition) is 5. The highest BCUT2D eigenvalue weighted by atomic mass is 16.6. The van der Waals surface area contributed by atoms with Crippen molar-refractivity contribution in [2.24, 2.45) is 0 Å². The third-order valence-electron chi connectivity index (χ3n) is 6.33. The molecule has 0 aliphatic heterocycles. The summed E-state index contributed by atoms with van der Waals surface area (Å²) in [7, 11) is 0. The molecule has 2 aromatic carbocycles. The minimum absolute atomic E-state index is 0.458. The van der Waals surface area contributed by atoms with Crippen LogP contribution in [0.2, 0.25) is 0 Å². The van der Waals surface area contributed by atoms with Gasteiger partial charge in [-0.2, -0.15) is 0 Å². The van der Waals surface area contributed by atoms with Crippen LogP contribution >= 0.6 is 0 Å². The molecule has 5 aromatic rings. The van der Waals surface area contributed by atoms with Crippen LogP contribution in [0.4, 0.5) is 4.79 Å². The topological polar surface area (TPSA) is 98.0 Å². The van der Waals surface area contributed by atoms with Gasteiger partial charge in [0.15, 0.2) is 5.82 Å². The Morgan fingerprint density at radius 1 is 1.03 bits per heavy atom. The van der Waals surface area contributed by atoms with Crippen molar-refractivity contribution in [3.63, 3.8) is 0 Å². The first-order valence-electron chi connectivity index (χ1n) is 12.9. The fourth-order valence-corrected chi connectivity index (χ4v) is 4.60. The first kappa shape index (κ1) is 25.3. The maximum Gasteiger partial charge on any atom is 0.408 e. The van der Waals surface area contributed by atoms with Gasteiger partial charge in [-0.3, -0.25) is 0 Å². The molecule has 3 aromatic heterocycles. The highest BCUT2D eigenvalue weighted by molar-refractivity contribution is 5.83. The summed E-state index contributed by atoms with van der Waals surface area (Å²) in [4.78, 5) is 16.3. The second-order valence-electron chi connectivity index (χ2n) is 10.4. The van der Waals surface area contributed by atoms with Gasteiger partial charge in [-0.15, -0.1) is 10.2 Å². The first-order chi connectivity index (χ1) is 18.4. The number of ether oxygens (including phenoxy) is 1. The molecule has 196 valence electrons. The molecule has 5 rings (SSSR count). The van der Waals surface area contributed by atoms with Gasteiger partial charge in [0.1, 0.15) is 17.2 Å². The first-order valence-corrected chi connectivity index (χ1v) is 12.9. The number of benzene rings is 2. The minimum Gasteiger partial charge on any atom is -0.467 e. The summed E-state index contributed by atoms with van der Waals surface area (Å²) in [5, 5.41) is 13.4. The number of fused-ring (bicyclic) bond motifs is 1. The average molecular weight is 512 g/mol. The van der Waals surface area contributed by atoms with Crippen molar-refractivity contribution >= 4 is 17.0 Å². The molecule has 0 bridgehead atoms. The summed E-state index contributed by atoms with van der Waals surface area (Å²) >= 11 is 0. The van der Waals surface area contributed by atoms with Crippen molar-refractivity contribution in [1.82, 2.24) is 25.1 Å². The van der Waals surface area contributed by atoms with E-state index in [2.05, 4.69) is 43.3 Å². The number of nitrogens with one attached hydrogen (secondary N) is 2. The molecule has 0 unspecified atom stereocenters. The number of hydrogen-bond donors (Lipinski definition) is 2. The Kier molecular flexibility index (Phi) is 7.31. The van der Waals surface area contributed by atoms with Crippen molar-refractivity contribution in [2.75, 3.05) is 0 Å². The molecule has 0 saturated carbocycles. The number of rotatable bonds is 9. The number of furan rings is 1. The van der Waals surface area contributed by atoms with Gasteiger partial charge in [-0.1, -0.05) is 48.5 Å². The third kappa shape index (κ3) is 6.14. The molecule has 38 heavy (non-hydrogen) atoms. The van der Waals surface area contributed by atoms with Crippen LogP contribution in [-0.2, 0) is 30.5 Å². The summed E-state index contributed by atoms with van der Waals surface area (Å²) < 4.78 is 13.4. The molecule has 1 amide bonds. The molecule has 0 saturated heterocycles. The second kappa shape index (κ2) is 11.0. The normalized spacial score (nSPS) is 12.5. The Labute approximate surface area is 222 Å². The zero-order valence-electron chi connectivity index (χ0n) is 22.0.